The van der Waals surface area contributed by atoms with Gasteiger partial charge in [-0.3, -0.25) is 9.52 Å². The van der Waals surface area contributed by atoms with Gasteiger partial charge in [-0.05, 0) is 54.1 Å². The second-order valence-electron chi connectivity index (χ2n) is 7.91. The third kappa shape index (κ3) is 6.63. The van der Waals surface area contributed by atoms with Crippen LogP contribution in [0.25, 0.3) is 0 Å². The highest BCUT2D eigenvalue weighted by Crippen LogP contribution is 2.38. The maximum absolute atomic E-state index is 13.5. The summed E-state index contributed by atoms with van der Waals surface area (Å²) in [6.07, 6.45) is 0. The molecule has 0 aliphatic heterocycles. The predicted molar refractivity (Wildman–Crippen MR) is 147 cm³/mol. The summed E-state index contributed by atoms with van der Waals surface area (Å²) in [5.74, 6) is 0.867. The van der Waals surface area contributed by atoms with E-state index in [1.807, 2.05) is 30.3 Å². The molecule has 0 bridgehead atoms. The molecule has 1 amide bonds. The van der Waals surface area contributed by atoms with Crippen LogP contribution in [-0.4, -0.2) is 28.5 Å². The van der Waals surface area contributed by atoms with Crippen molar-refractivity contribution in [3.05, 3.63) is 109 Å². The number of carbonyl (C=O) groups is 1. The van der Waals surface area contributed by atoms with Crippen LogP contribution in [0.3, 0.4) is 0 Å². The van der Waals surface area contributed by atoms with Gasteiger partial charge in [0, 0.05) is 16.6 Å². The zero-order valence-electron chi connectivity index (χ0n) is 20.3. The molecule has 2 N–H and O–H groups in total. The Morgan fingerprint density at radius 3 is 2.08 bits per heavy atom. The zero-order valence-corrected chi connectivity index (χ0v) is 21.9. The minimum absolute atomic E-state index is 0.183. The van der Waals surface area contributed by atoms with Gasteiger partial charge in [-0.2, -0.15) is 0 Å². The molecule has 0 aliphatic rings. The lowest BCUT2D eigenvalue weighted by molar-refractivity contribution is -0.115. The quantitative estimate of drug-likeness (QED) is 0.243. The van der Waals surface area contributed by atoms with Crippen LogP contribution < -0.4 is 19.5 Å². The van der Waals surface area contributed by atoms with Crippen molar-refractivity contribution in [2.45, 2.75) is 15.0 Å². The Labute approximate surface area is 220 Å². The summed E-state index contributed by atoms with van der Waals surface area (Å²) in [5.41, 5.74) is 1.75. The predicted octanol–water partition coefficient (Wildman–Crippen LogP) is 5.98. The van der Waals surface area contributed by atoms with Crippen molar-refractivity contribution in [2.24, 2.45) is 0 Å². The molecule has 1 atom stereocenters. The maximum atomic E-state index is 13.5. The fourth-order valence-corrected chi connectivity index (χ4v) is 5.67. The van der Waals surface area contributed by atoms with Gasteiger partial charge in [0.15, 0.2) is 0 Å². The second-order valence-corrected chi connectivity index (χ2v) is 10.8. The summed E-state index contributed by atoms with van der Waals surface area (Å²) in [7, 11) is -0.604. The van der Waals surface area contributed by atoms with E-state index >= 15 is 0 Å². The van der Waals surface area contributed by atoms with Crippen molar-refractivity contribution in [1.82, 2.24) is 0 Å². The SMILES string of the molecule is COc1ccc(OC)c(NC(=O)C(Sc2ccc(NS(=O)(=O)c3ccccc3)cc2)c2ccccc2)c1. The van der Waals surface area contributed by atoms with Gasteiger partial charge in [0.1, 0.15) is 16.7 Å². The lowest BCUT2D eigenvalue weighted by Gasteiger charge is -2.19. The van der Waals surface area contributed by atoms with E-state index in [-0.39, 0.29) is 10.8 Å². The molecule has 0 fully saturated rings. The highest BCUT2D eigenvalue weighted by molar-refractivity contribution is 8.00. The number of amides is 1. The van der Waals surface area contributed by atoms with Crippen LogP contribution in [0.2, 0.25) is 0 Å². The fraction of sp³-hybridized carbons (Fsp3) is 0.107. The molecule has 0 spiro atoms. The molecule has 4 aromatic rings. The van der Waals surface area contributed by atoms with Gasteiger partial charge in [0.2, 0.25) is 5.91 Å². The Balaban J connectivity index is 1.55. The first-order valence-electron chi connectivity index (χ1n) is 11.3. The molecule has 4 rings (SSSR count). The number of benzene rings is 4. The molecule has 190 valence electrons. The molecule has 0 radical (unpaired) electrons. The van der Waals surface area contributed by atoms with E-state index in [1.54, 1.807) is 67.8 Å². The van der Waals surface area contributed by atoms with Crippen LogP contribution in [0.15, 0.2) is 113 Å². The molecular formula is C28H26N2O5S2. The van der Waals surface area contributed by atoms with E-state index in [0.29, 0.717) is 22.9 Å². The number of carbonyl (C=O) groups excluding carboxylic acids is 1. The molecule has 7 nitrogen and oxygen atoms in total. The van der Waals surface area contributed by atoms with Gasteiger partial charge in [0.05, 0.1) is 24.8 Å². The Morgan fingerprint density at radius 2 is 1.46 bits per heavy atom. The highest BCUT2D eigenvalue weighted by atomic mass is 32.2. The summed E-state index contributed by atoms with van der Waals surface area (Å²) in [4.78, 5) is 14.5. The molecule has 0 aliphatic carbocycles. The van der Waals surface area contributed by atoms with Crippen molar-refractivity contribution in [1.29, 1.82) is 0 Å². The number of nitrogens with one attached hydrogen (secondary N) is 2. The maximum Gasteiger partial charge on any atom is 0.261 e. The van der Waals surface area contributed by atoms with E-state index in [9.17, 15) is 13.2 Å². The second kappa shape index (κ2) is 11.9. The Bertz CT molecular complexity index is 1450. The van der Waals surface area contributed by atoms with Gasteiger partial charge >= 0.3 is 0 Å². The van der Waals surface area contributed by atoms with Crippen LogP contribution in [0, 0.1) is 0 Å². The smallest absolute Gasteiger partial charge is 0.261 e. The van der Waals surface area contributed by atoms with Crippen molar-refractivity contribution in [3.63, 3.8) is 0 Å². The van der Waals surface area contributed by atoms with Gasteiger partial charge < -0.3 is 14.8 Å². The standard InChI is InChI=1S/C28H26N2O5S2/c1-34-22-15-18-26(35-2)25(19-22)29-28(31)27(20-9-5-3-6-10-20)36-23-16-13-21(14-17-23)30-37(32,33)24-11-7-4-8-12-24/h3-19,27,30H,1-2H3,(H,29,31). The van der Waals surface area contributed by atoms with Crippen molar-refractivity contribution < 1.29 is 22.7 Å². The van der Waals surface area contributed by atoms with E-state index in [2.05, 4.69) is 10.0 Å². The molecule has 1 unspecified atom stereocenters. The first-order chi connectivity index (χ1) is 17.9. The van der Waals surface area contributed by atoms with Crippen LogP contribution >= 0.6 is 11.8 Å². The monoisotopic (exact) mass is 534 g/mol. The fourth-order valence-electron chi connectivity index (χ4n) is 3.56. The largest absolute Gasteiger partial charge is 0.497 e. The molecule has 37 heavy (non-hydrogen) atoms. The third-order valence-electron chi connectivity index (χ3n) is 5.42. The molecule has 9 heteroatoms. The van der Waals surface area contributed by atoms with Gasteiger partial charge in [-0.25, -0.2) is 8.42 Å². The van der Waals surface area contributed by atoms with Crippen LogP contribution in [-0.2, 0) is 14.8 Å². The number of hydrogen-bond acceptors (Lipinski definition) is 6. The number of rotatable bonds is 10. The average molecular weight is 535 g/mol. The van der Waals surface area contributed by atoms with E-state index < -0.39 is 15.3 Å². The van der Waals surface area contributed by atoms with Gasteiger partial charge in [-0.15, -0.1) is 11.8 Å². The minimum atomic E-state index is -3.70. The number of anilines is 2. The van der Waals surface area contributed by atoms with E-state index in [0.717, 1.165) is 10.5 Å². The molecule has 0 heterocycles. The molecule has 4 aromatic carbocycles. The van der Waals surface area contributed by atoms with E-state index in [4.69, 9.17) is 9.47 Å². The van der Waals surface area contributed by atoms with E-state index in [1.165, 1.54) is 31.0 Å². The molecular weight excluding hydrogens is 508 g/mol. The number of ether oxygens (including phenoxy) is 2. The van der Waals surface area contributed by atoms with Gasteiger partial charge in [0.25, 0.3) is 10.0 Å². The Morgan fingerprint density at radius 1 is 0.811 bits per heavy atom. The minimum Gasteiger partial charge on any atom is -0.497 e. The van der Waals surface area contributed by atoms with Crippen LogP contribution in [0.1, 0.15) is 10.8 Å². The molecule has 0 saturated carbocycles. The summed E-state index contributed by atoms with van der Waals surface area (Å²) in [6, 6.07) is 29.7. The lowest BCUT2D eigenvalue weighted by atomic mass is 10.1. The Hall–Kier alpha value is -3.95. The third-order valence-corrected chi connectivity index (χ3v) is 8.08. The summed E-state index contributed by atoms with van der Waals surface area (Å²) < 4.78 is 38.5. The summed E-state index contributed by atoms with van der Waals surface area (Å²) in [5, 5.41) is 2.38. The number of thioether (sulfide) groups is 1. The topological polar surface area (TPSA) is 93.7 Å². The average Bonchev–Trinajstić information content (AvgIpc) is 2.93. The first-order valence-corrected chi connectivity index (χ1v) is 13.7. The van der Waals surface area contributed by atoms with Crippen molar-refractivity contribution >= 4 is 39.1 Å². The molecule has 0 saturated heterocycles. The van der Waals surface area contributed by atoms with Crippen molar-refractivity contribution in [3.8, 4) is 11.5 Å². The first kappa shape index (κ1) is 26.1. The summed E-state index contributed by atoms with van der Waals surface area (Å²) >= 11 is 1.35. The highest BCUT2D eigenvalue weighted by Gasteiger charge is 2.24. The van der Waals surface area contributed by atoms with Gasteiger partial charge in [-0.1, -0.05) is 48.5 Å². The lowest BCUT2D eigenvalue weighted by Crippen LogP contribution is -2.19. The molecule has 0 aromatic heterocycles. The van der Waals surface area contributed by atoms with Crippen LogP contribution in [0.4, 0.5) is 11.4 Å². The normalized spacial score (nSPS) is 11.8. The summed E-state index contributed by atoms with van der Waals surface area (Å²) in [6.45, 7) is 0. The Kier molecular flexibility index (Phi) is 8.37. The van der Waals surface area contributed by atoms with Crippen LogP contribution in [0.5, 0.6) is 11.5 Å². The number of sulfonamides is 1. The van der Waals surface area contributed by atoms with Crippen molar-refractivity contribution in [2.75, 3.05) is 24.3 Å². The number of hydrogen-bond donors (Lipinski definition) is 2. The zero-order chi connectivity index (χ0) is 26.3. The number of methoxy groups -OCH3 is 2.